The maximum Gasteiger partial charge on any atom is 0.252 e. The van der Waals surface area contributed by atoms with Crippen LogP contribution in [0.25, 0.3) is 143 Å². The first-order valence-corrected chi connectivity index (χ1v) is 36.7. The van der Waals surface area contributed by atoms with Crippen molar-refractivity contribution in [2.45, 2.75) is 26.2 Å². The standard InChI is InChI=1S/C100H69BN4/c1-100(2,3)73-60-95-98-96(61-73)104(76-57-71(66-33-13-6-14-34-66)54-72(58-76)67-35-15-7-16-36-67)94-63-92-86(81-42-22-20-40-79(81)78-39-19-21-41-80(78)83-46-27-47-84-82-43-23-25-48-89(82)105(92)99(83)84)62-88(94)101(98)87-52-51-68(77-45-28-50-91-97(77)85-44-24-26-49-90(85)102(91)74-37-17-8-18-38-74)59-93(87)103(95)75-55-69(64-29-9-4-10-30-64)53-70(56-75)65-31-11-5-12-32-65/h4-63H,1-3H3. The lowest BCUT2D eigenvalue weighted by Crippen LogP contribution is -2.61. The molecule has 492 valence electrons. The van der Waals surface area contributed by atoms with E-state index in [0.29, 0.717) is 0 Å². The summed E-state index contributed by atoms with van der Waals surface area (Å²) >= 11 is 0. The van der Waals surface area contributed by atoms with E-state index >= 15 is 0 Å². The Morgan fingerprint density at radius 3 is 1.20 bits per heavy atom. The molecule has 2 aliphatic rings. The molecule has 0 bridgehead atoms. The topological polar surface area (TPSA) is 15.8 Å². The summed E-state index contributed by atoms with van der Waals surface area (Å²) in [7, 11) is 0. The molecule has 2 aliphatic heterocycles. The highest BCUT2D eigenvalue weighted by Gasteiger charge is 2.45. The third-order valence-corrected chi connectivity index (χ3v) is 22.5. The first kappa shape index (κ1) is 60.5. The summed E-state index contributed by atoms with van der Waals surface area (Å²) in [6.07, 6.45) is 0. The molecule has 5 heteroatoms. The van der Waals surface area contributed by atoms with Crippen molar-refractivity contribution in [2.24, 2.45) is 0 Å². The smallest absolute Gasteiger partial charge is 0.252 e. The molecule has 19 aromatic rings. The van der Waals surface area contributed by atoms with Crippen molar-refractivity contribution in [2.75, 3.05) is 9.80 Å². The van der Waals surface area contributed by atoms with Crippen LogP contribution >= 0.6 is 0 Å². The van der Waals surface area contributed by atoms with Gasteiger partial charge in [-0.25, -0.2) is 0 Å². The number of para-hydroxylation sites is 4. The molecular formula is C100H69BN4. The molecule has 0 N–H and O–H groups in total. The van der Waals surface area contributed by atoms with Gasteiger partial charge >= 0.3 is 0 Å². The molecule has 0 amide bonds. The van der Waals surface area contributed by atoms with Crippen molar-refractivity contribution >= 4 is 139 Å². The van der Waals surface area contributed by atoms with Crippen LogP contribution in [0.1, 0.15) is 26.3 Å². The third kappa shape index (κ3) is 9.55. The van der Waals surface area contributed by atoms with Crippen molar-refractivity contribution in [1.29, 1.82) is 0 Å². The molecule has 0 saturated heterocycles. The molecule has 21 rings (SSSR count). The van der Waals surface area contributed by atoms with Gasteiger partial charge in [-0.15, -0.1) is 0 Å². The summed E-state index contributed by atoms with van der Waals surface area (Å²) in [5.74, 6) is 0. The van der Waals surface area contributed by atoms with Gasteiger partial charge in [-0.1, -0.05) is 294 Å². The lowest BCUT2D eigenvalue weighted by Gasteiger charge is -2.45. The van der Waals surface area contributed by atoms with Gasteiger partial charge in [0.05, 0.1) is 27.6 Å². The van der Waals surface area contributed by atoms with Crippen LogP contribution in [-0.4, -0.2) is 15.7 Å². The van der Waals surface area contributed by atoms with E-state index in [2.05, 4.69) is 404 Å². The average molecular weight is 1340 g/mol. The normalized spacial score (nSPS) is 12.7. The lowest BCUT2D eigenvalue weighted by atomic mass is 9.33. The van der Waals surface area contributed by atoms with Gasteiger partial charge in [0.2, 0.25) is 0 Å². The van der Waals surface area contributed by atoms with Crippen molar-refractivity contribution in [3.63, 3.8) is 0 Å². The Bertz CT molecular complexity index is 6690. The van der Waals surface area contributed by atoms with E-state index in [4.69, 9.17) is 0 Å². The third-order valence-electron chi connectivity index (χ3n) is 22.5. The summed E-state index contributed by atoms with van der Waals surface area (Å²) in [6.45, 7) is 6.90. The fourth-order valence-electron chi connectivity index (χ4n) is 17.8. The van der Waals surface area contributed by atoms with E-state index < -0.39 is 0 Å². The Hall–Kier alpha value is -13.2. The quantitative estimate of drug-likeness (QED) is 0.141. The maximum atomic E-state index is 2.68. The van der Waals surface area contributed by atoms with Gasteiger partial charge in [-0.3, -0.25) is 0 Å². The highest BCUT2D eigenvalue weighted by atomic mass is 15.2. The van der Waals surface area contributed by atoms with Gasteiger partial charge in [0.15, 0.2) is 0 Å². The Labute approximate surface area is 610 Å². The molecule has 16 aromatic carbocycles. The Balaban J connectivity index is 0.951. The van der Waals surface area contributed by atoms with E-state index in [9.17, 15) is 0 Å². The van der Waals surface area contributed by atoms with Crippen molar-refractivity contribution in [3.8, 4) is 61.3 Å². The number of rotatable bonds is 8. The number of fused-ring (bicyclic) bond motifs is 17. The van der Waals surface area contributed by atoms with Crippen LogP contribution in [0.15, 0.2) is 364 Å². The lowest BCUT2D eigenvalue weighted by molar-refractivity contribution is 0.590. The van der Waals surface area contributed by atoms with E-state index in [-0.39, 0.29) is 12.1 Å². The fourth-order valence-corrected chi connectivity index (χ4v) is 17.8. The van der Waals surface area contributed by atoms with Gasteiger partial charge in [0.25, 0.3) is 6.71 Å². The number of nitrogens with zero attached hydrogens (tertiary/aromatic N) is 4. The predicted molar refractivity (Wildman–Crippen MR) is 448 cm³/mol. The van der Waals surface area contributed by atoms with Crippen molar-refractivity contribution in [1.82, 2.24) is 8.97 Å². The van der Waals surface area contributed by atoms with Gasteiger partial charge < -0.3 is 18.8 Å². The number of hydrogen-bond acceptors (Lipinski definition) is 2. The van der Waals surface area contributed by atoms with Gasteiger partial charge in [-0.05, 0) is 196 Å². The Kier molecular flexibility index (Phi) is 13.7. The van der Waals surface area contributed by atoms with Gasteiger partial charge in [-0.2, -0.15) is 0 Å². The van der Waals surface area contributed by atoms with E-state index in [1.165, 1.54) is 97.9 Å². The molecule has 5 heterocycles. The molecule has 0 atom stereocenters. The van der Waals surface area contributed by atoms with E-state index in [1.54, 1.807) is 0 Å². The second kappa shape index (κ2) is 23.7. The molecule has 0 fully saturated rings. The SMILES string of the molecule is CC(C)(C)c1cc2c3c(c1)N(c1cc(-c4ccccc4)cc(-c4ccccc4)c1)c1cc4c(cc1B3c1ccc(-c3cccc5c3c3ccccc3n5-c3ccccc3)cc1N2c1cc(-c2ccccc2)cc(-c2ccccc2)c1)c1ccccc1c1ccccc1c1cccc2c3ccccc3n4c12. The van der Waals surface area contributed by atoms with Crippen molar-refractivity contribution in [3.05, 3.63) is 370 Å². The van der Waals surface area contributed by atoms with Gasteiger partial charge in [0, 0.05) is 72.1 Å². The summed E-state index contributed by atoms with van der Waals surface area (Å²) < 4.78 is 5.06. The van der Waals surface area contributed by atoms with Crippen LogP contribution in [0.3, 0.4) is 0 Å². The van der Waals surface area contributed by atoms with E-state index in [1.807, 2.05) is 0 Å². The highest BCUT2D eigenvalue weighted by Crippen LogP contribution is 2.52. The molecule has 4 nitrogen and oxygen atoms in total. The van der Waals surface area contributed by atoms with Crippen LogP contribution in [0.5, 0.6) is 0 Å². The van der Waals surface area contributed by atoms with Crippen LogP contribution in [-0.2, 0) is 5.41 Å². The molecule has 0 aliphatic carbocycles. The minimum absolute atomic E-state index is 0.269. The second-order valence-electron chi connectivity index (χ2n) is 29.5. The van der Waals surface area contributed by atoms with E-state index in [0.717, 1.165) is 101 Å². The Morgan fingerprint density at radius 2 is 0.667 bits per heavy atom. The zero-order valence-electron chi connectivity index (χ0n) is 58.5. The van der Waals surface area contributed by atoms with Crippen molar-refractivity contribution < 1.29 is 0 Å². The molecule has 0 unspecified atom stereocenters. The largest absolute Gasteiger partial charge is 0.311 e. The minimum Gasteiger partial charge on any atom is -0.311 e. The predicted octanol–water partition coefficient (Wildman–Crippen LogP) is 25.1. The number of benzene rings is 16. The molecule has 0 spiro atoms. The van der Waals surface area contributed by atoms with Crippen LogP contribution in [0.4, 0.5) is 34.1 Å². The summed E-state index contributed by atoms with van der Waals surface area (Å²) in [5.41, 5.74) is 29.8. The highest BCUT2D eigenvalue weighted by molar-refractivity contribution is 7.00. The average Bonchev–Trinajstić information content (AvgIpc) is 0.746. The second-order valence-corrected chi connectivity index (χ2v) is 29.5. The monoisotopic (exact) mass is 1340 g/mol. The number of anilines is 6. The first-order chi connectivity index (χ1) is 51.7. The Morgan fingerprint density at radius 1 is 0.248 bits per heavy atom. The van der Waals surface area contributed by atoms with Crippen LogP contribution in [0.2, 0.25) is 0 Å². The summed E-state index contributed by atoms with van der Waals surface area (Å²) in [5, 5.41) is 12.1. The maximum absolute atomic E-state index is 2.68. The minimum atomic E-state index is -0.312. The summed E-state index contributed by atoms with van der Waals surface area (Å²) in [6, 6.07) is 137. The molecule has 105 heavy (non-hydrogen) atoms. The summed E-state index contributed by atoms with van der Waals surface area (Å²) in [4.78, 5) is 5.34. The molecule has 0 radical (unpaired) electrons. The molecule has 3 aromatic heterocycles. The molecule has 0 saturated carbocycles. The zero-order valence-corrected chi connectivity index (χ0v) is 58.5. The fraction of sp³-hybridized carbons (Fsp3) is 0.0400. The van der Waals surface area contributed by atoms with Crippen LogP contribution < -0.4 is 26.2 Å². The van der Waals surface area contributed by atoms with Gasteiger partial charge in [0.1, 0.15) is 0 Å². The number of aromatic nitrogens is 2. The number of hydrogen-bond donors (Lipinski definition) is 0. The van der Waals surface area contributed by atoms with Crippen LogP contribution in [0, 0.1) is 0 Å². The zero-order chi connectivity index (χ0) is 69.6. The first-order valence-electron chi connectivity index (χ1n) is 36.7. The molecular weight excluding hydrogens is 1270 g/mol.